The fourth-order valence-electron chi connectivity index (χ4n) is 8.40. The highest BCUT2D eigenvalue weighted by Crippen LogP contribution is 2.29. The highest BCUT2D eigenvalue weighted by Gasteiger charge is 2.21. The largest absolute Gasteiger partial charge is 0.423 e. The number of aryl methyl sites for hydroxylation is 2. The first kappa shape index (κ1) is 53.6. The van der Waals surface area contributed by atoms with Crippen LogP contribution >= 0.6 is 0 Å². The minimum absolute atomic E-state index is 0.0990. The van der Waals surface area contributed by atoms with Gasteiger partial charge in [-0.15, -0.1) is 0 Å². The molecule has 74 heavy (non-hydrogen) atoms. The van der Waals surface area contributed by atoms with Crippen molar-refractivity contribution < 1.29 is 46.9 Å². The van der Waals surface area contributed by atoms with Gasteiger partial charge in [-0.1, -0.05) is 151 Å². The van der Waals surface area contributed by atoms with Gasteiger partial charge in [0.05, 0.1) is 33.9 Å². The van der Waals surface area contributed by atoms with Crippen LogP contribution < -0.4 is 18.9 Å². The lowest BCUT2D eigenvalue weighted by Gasteiger charge is -2.11. The molecule has 11 heteroatoms. The van der Waals surface area contributed by atoms with Crippen LogP contribution in [0.15, 0.2) is 152 Å². The van der Waals surface area contributed by atoms with Crippen molar-refractivity contribution in [2.75, 3.05) is 0 Å². The summed E-state index contributed by atoms with van der Waals surface area (Å²) >= 11 is 0. The van der Waals surface area contributed by atoms with E-state index in [1.165, 1.54) is 87.5 Å². The van der Waals surface area contributed by atoms with Crippen molar-refractivity contribution in [2.24, 2.45) is 0 Å². The van der Waals surface area contributed by atoms with Crippen molar-refractivity contribution >= 4 is 23.9 Å². The van der Waals surface area contributed by atoms with Crippen LogP contribution in [0, 0.1) is 23.0 Å². The van der Waals surface area contributed by atoms with Gasteiger partial charge in [-0.25, -0.2) is 28.0 Å². The number of hydrogen-bond donors (Lipinski definition) is 0. The lowest BCUT2D eigenvalue weighted by Crippen LogP contribution is -2.14. The van der Waals surface area contributed by atoms with Crippen LogP contribution in [-0.2, 0) is 12.8 Å². The first-order valence-electron chi connectivity index (χ1n) is 25.4. The summed E-state index contributed by atoms with van der Waals surface area (Å²) in [6, 6.07) is 42.1. The number of hydrogen-bond acceptors (Lipinski definition) is 9. The lowest BCUT2D eigenvalue weighted by atomic mass is 10.00. The molecule has 0 radical (unpaired) electrons. The van der Waals surface area contributed by atoms with Crippen molar-refractivity contribution in [3.05, 3.63) is 202 Å². The summed E-state index contributed by atoms with van der Waals surface area (Å²) in [6.45, 7) is 4.43. The molecule has 9 nitrogen and oxygen atoms in total. The van der Waals surface area contributed by atoms with Gasteiger partial charge in [-0.3, -0.25) is 0 Å². The summed E-state index contributed by atoms with van der Waals surface area (Å²) in [5, 5.41) is 9.66. The van der Waals surface area contributed by atoms with Gasteiger partial charge in [0.15, 0.2) is 0 Å². The number of benzene rings is 7. The Morgan fingerprint density at radius 3 is 1.08 bits per heavy atom. The van der Waals surface area contributed by atoms with Gasteiger partial charge in [0, 0.05) is 18.2 Å². The molecule has 0 N–H and O–H groups in total. The monoisotopic (exact) mass is 995 g/mol. The normalized spacial score (nSPS) is 10.9. The highest BCUT2D eigenvalue weighted by atomic mass is 19.1. The van der Waals surface area contributed by atoms with Gasteiger partial charge in [-0.05, 0) is 120 Å². The average Bonchev–Trinajstić information content (AvgIpc) is 3.41. The minimum atomic E-state index is -1.17. The van der Waals surface area contributed by atoms with Crippen molar-refractivity contribution in [1.82, 2.24) is 0 Å². The lowest BCUT2D eigenvalue weighted by molar-refractivity contribution is 0.0720. The summed E-state index contributed by atoms with van der Waals surface area (Å²) in [5.74, 6) is -6.82. The maximum Gasteiger partial charge on any atom is 0.346 e. The average molecular weight is 996 g/mol. The maximum absolute atomic E-state index is 15.3. The molecule has 0 saturated carbocycles. The van der Waals surface area contributed by atoms with Gasteiger partial charge in [-0.2, -0.15) is 5.26 Å². The number of esters is 4. The molecule has 0 aliphatic carbocycles. The third kappa shape index (κ3) is 15.4. The molecule has 0 spiro atoms. The fraction of sp³-hybridized carbons (Fsp3) is 0.254. The van der Waals surface area contributed by atoms with E-state index < -0.39 is 46.6 Å². The summed E-state index contributed by atoms with van der Waals surface area (Å²) in [4.78, 5) is 52.3. The Morgan fingerprint density at radius 1 is 0.392 bits per heavy atom. The maximum atomic E-state index is 15.3. The van der Waals surface area contributed by atoms with E-state index in [1.54, 1.807) is 48.5 Å². The summed E-state index contributed by atoms with van der Waals surface area (Å²) in [6.07, 6.45) is 17.0. The Hall–Kier alpha value is -8.23. The van der Waals surface area contributed by atoms with E-state index in [-0.39, 0.29) is 39.7 Å². The molecule has 7 rings (SSSR count). The van der Waals surface area contributed by atoms with Gasteiger partial charge in [0.1, 0.15) is 34.6 Å². The van der Waals surface area contributed by atoms with E-state index in [0.29, 0.717) is 0 Å². The SMILES string of the molecule is CCCCCCCCc1ccc(-c2ccc(C(=O)Oc3ccc(C(=O)Oc4cc(C#N)cc(OC(=O)c5ccc(OC(=O)c6ccc(-c7ccc(CCCCCCCC)cc7)cc6)cc5F)c4)c(F)c3)cc2)cc1. The molecule has 0 amide bonds. The minimum Gasteiger partial charge on any atom is -0.423 e. The Balaban J connectivity index is 0.894. The standard InChI is InChI=1S/C63H59F2NO8/c1-3-5-7-9-11-13-15-43-17-21-46(22-18-43)48-25-29-50(30-26-48)60(67)71-52-33-35-56(58(64)40-52)62(69)73-54-37-45(42-66)38-55(39-54)74-63(70)57-36-34-53(41-59(57)65)72-61(68)51-31-27-49(28-32-51)47-23-19-44(20-24-47)16-14-12-10-8-6-4-2/h17-41H,3-16H2,1-2H3. The molecule has 0 heterocycles. The van der Waals surface area contributed by atoms with Crippen molar-refractivity contribution in [1.29, 1.82) is 5.26 Å². The van der Waals surface area contributed by atoms with Gasteiger partial charge in [0.2, 0.25) is 0 Å². The number of ether oxygens (including phenoxy) is 4. The summed E-state index contributed by atoms with van der Waals surface area (Å²) in [5.41, 5.74) is 5.74. The Kier molecular flexibility index (Phi) is 19.5. The van der Waals surface area contributed by atoms with Crippen LogP contribution in [0.2, 0.25) is 0 Å². The molecule has 378 valence electrons. The third-order valence-corrected chi connectivity index (χ3v) is 12.6. The highest BCUT2D eigenvalue weighted by molar-refractivity contribution is 5.95. The predicted molar refractivity (Wildman–Crippen MR) is 282 cm³/mol. The molecule has 0 aliphatic rings. The van der Waals surface area contributed by atoms with Gasteiger partial charge < -0.3 is 18.9 Å². The van der Waals surface area contributed by atoms with Crippen LogP contribution in [0.25, 0.3) is 22.3 Å². The van der Waals surface area contributed by atoms with E-state index in [1.807, 2.05) is 6.07 Å². The third-order valence-electron chi connectivity index (χ3n) is 12.6. The second-order valence-corrected chi connectivity index (χ2v) is 18.2. The number of nitriles is 1. The number of carbonyl (C=O) groups excluding carboxylic acids is 4. The van der Waals surface area contributed by atoms with E-state index in [2.05, 4.69) is 62.4 Å². The summed E-state index contributed by atoms with van der Waals surface area (Å²) in [7, 11) is 0. The van der Waals surface area contributed by atoms with E-state index in [9.17, 15) is 24.4 Å². The summed E-state index contributed by atoms with van der Waals surface area (Å²) < 4.78 is 52.2. The molecular formula is C63H59F2NO8. The van der Waals surface area contributed by atoms with Crippen molar-refractivity contribution in [3.8, 4) is 51.3 Å². The number of carbonyl (C=O) groups is 4. The molecule has 0 saturated heterocycles. The van der Waals surface area contributed by atoms with Crippen LogP contribution in [0.5, 0.6) is 23.0 Å². The second kappa shape index (κ2) is 27.0. The van der Waals surface area contributed by atoms with Gasteiger partial charge >= 0.3 is 23.9 Å². The number of nitrogens with zero attached hydrogens (tertiary/aromatic N) is 1. The number of halogens is 2. The van der Waals surface area contributed by atoms with E-state index in [0.717, 1.165) is 90.4 Å². The zero-order chi connectivity index (χ0) is 52.2. The number of rotatable bonds is 24. The van der Waals surface area contributed by atoms with Crippen molar-refractivity contribution in [2.45, 2.75) is 104 Å². The molecule has 7 aromatic rings. The van der Waals surface area contributed by atoms with Crippen LogP contribution in [0.4, 0.5) is 8.78 Å². The van der Waals surface area contributed by atoms with E-state index >= 15 is 8.78 Å². The zero-order valence-electron chi connectivity index (χ0n) is 41.8. The smallest absolute Gasteiger partial charge is 0.346 e. The number of unbranched alkanes of at least 4 members (excludes halogenated alkanes) is 10. The Morgan fingerprint density at radius 2 is 0.730 bits per heavy atom. The first-order chi connectivity index (χ1) is 36.0. The Labute approximate surface area is 431 Å². The molecule has 0 fully saturated rings. The predicted octanol–water partition coefficient (Wildman–Crippen LogP) is 15.9. The van der Waals surface area contributed by atoms with Crippen LogP contribution in [-0.4, -0.2) is 23.9 Å². The molecule has 7 aromatic carbocycles. The fourth-order valence-corrected chi connectivity index (χ4v) is 8.40. The van der Waals surface area contributed by atoms with Crippen molar-refractivity contribution in [3.63, 3.8) is 0 Å². The molecule has 0 aromatic heterocycles. The quantitative estimate of drug-likeness (QED) is 0.0330. The Bertz CT molecular complexity index is 2870. The molecule has 0 unspecified atom stereocenters. The van der Waals surface area contributed by atoms with E-state index in [4.69, 9.17) is 18.9 Å². The zero-order valence-corrected chi connectivity index (χ0v) is 41.8. The molecule has 0 bridgehead atoms. The van der Waals surface area contributed by atoms with Crippen LogP contribution in [0.3, 0.4) is 0 Å². The van der Waals surface area contributed by atoms with Gasteiger partial charge in [0.25, 0.3) is 0 Å². The second-order valence-electron chi connectivity index (χ2n) is 18.2. The first-order valence-corrected chi connectivity index (χ1v) is 25.4. The molecule has 0 atom stereocenters. The van der Waals surface area contributed by atoms with Crippen LogP contribution in [0.1, 0.15) is 149 Å². The molecule has 0 aliphatic heterocycles. The topological polar surface area (TPSA) is 129 Å². The molecular weight excluding hydrogens is 937 g/mol.